The Bertz CT molecular complexity index is 318. The van der Waals surface area contributed by atoms with Crippen LogP contribution in [0.2, 0.25) is 0 Å². The van der Waals surface area contributed by atoms with Gasteiger partial charge in [0.25, 0.3) is 0 Å². The van der Waals surface area contributed by atoms with E-state index in [1.54, 1.807) is 0 Å². The van der Waals surface area contributed by atoms with Crippen LogP contribution in [-0.2, 0) is 6.54 Å². The molecular weight excluding hydrogens is 204 g/mol. The van der Waals surface area contributed by atoms with Gasteiger partial charge in [0.2, 0.25) is 5.89 Å². The average molecular weight is 224 g/mol. The fraction of sp³-hybridized carbons (Fsp3) is 0.818. The standard InChI is InChI=1S/C11H20N4O/c1-15(9-6-4-2-3-5-7-9)11-14-13-10(8-12)16-11/h9H,2-8,12H2,1H3. The minimum atomic E-state index is 0.311. The van der Waals surface area contributed by atoms with E-state index in [0.29, 0.717) is 24.5 Å². The van der Waals surface area contributed by atoms with Crippen LogP contribution in [0, 0.1) is 0 Å². The molecule has 1 aliphatic rings. The lowest BCUT2D eigenvalue weighted by molar-refractivity contribution is 0.456. The van der Waals surface area contributed by atoms with E-state index in [1.165, 1.54) is 38.5 Å². The molecule has 90 valence electrons. The molecule has 0 spiro atoms. The first kappa shape index (κ1) is 11.4. The third-order valence-electron chi connectivity index (χ3n) is 3.30. The van der Waals surface area contributed by atoms with Gasteiger partial charge in [0, 0.05) is 13.1 Å². The van der Waals surface area contributed by atoms with Gasteiger partial charge in [-0.25, -0.2) is 0 Å². The fourth-order valence-electron chi connectivity index (χ4n) is 2.27. The first-order chi connectivity index (χ1) is 7.81. The van der Waals surface area contributed by atoms with Crippen LogP contribution < -0.4 is 10.6 Å². The van der Waals surface area contributed by atoms with Gasteiger partial charge in [0.15, 0.2) is 0 Å². The Hall–Kier alpha value is -1.10. The summed E-state index contributed by atoms with van der Waals surface area (Å²) in [5, 5.41) is 7.91. The minimum Gasteiger partial charge on any atom is -0.407 e. The summed E-state index contributed by atoms with van der Waals surface area (Å²) in [6.45, 7) is 0.311. The molecule has 1 aromatic rings. The third kappa shape index (κ3) is 2.52. The molecule has 0 saturated heterocycles. The Morgan fingerprint density at radius 3 is 2.50 bits per heavy atom. The Kier molecular flexibility index (Phi) is 3.77. The highest BCUT2D eigenvalue weighted by molar-refractivity contribution is 5.24. The van der Waals surface area contributed by atoms with Crippen LogP contribution in [0.4, 0.5) is 6.01 Å². The largest absolute Gasteiger partial charge is 0.407 e. The van der Waals surface area contributed by atoms with Gasteiger partial charge < -0.3 is 15.1 Å². The molecule has 1 aromatic heterocycles. The lowest BCUT2D eigenvalue weighted by atomic mass is 10.1. The summed E-state index contributed by atoms with van der Waals surface area (Å²) in [7, 11) is 2.03. The summed E-state index contributed by atoms with van der Waals surface area (Å²) in [4.78, 5) is 2.11. The van der Waals surface area contributed by atoms with Gasteiger partial charge in [-0.05, 0) is 12.8 Å². The van der Waals surface area contributed by atoms with Gasteiger partial charge >= 0.3 is 6.01 Å². The highest BCUT2D eigenvalue weighted by Gasteiger charge is 2.20. The lowest BCUT2D eigenvalue weighted by Crippen LogP contribution is -2.31. The van der Waals surface area contributed by atoms with Crippen molar-refractivity contribution < 1.29 is 4.42 Å². The van der Waals surface area contributed by atoms with Crippen LogP contribution in [0.3, 0.4) is 0 Å². The van der Waals surface area contributed by atoms with Crippen LogP contribution in [0.25, 0.3) is 0 Å². The summed E-state index contributed by atoms with van der Waals surface area (Å²) in [6, 6.07) is 1.14. The average Bonchev–Trinajstić information content (AvgIpc) is 2.62. The van der Waals surface area contributed by atoms with Crippen molar-refractivity contribution >= 4 is 6.01 Å². The Morgan fingerprint density at radius 1 is 1.25 bits per heavy atom. The summed E-state index contributed by atoms with van der Waals surface area (Å²) in [6.07, 6.45) is 7.73. The van der Waals surface area contributed by atoms with Crippen molar-refractivity contribution in [2.45, 2.75) is 51.1 Å². The molecule has 0 bridgehead atoms. The van der Waals surface area contributed by atoms with Crippen LogP contribution in [0.5, 0.6) is 0 Å². The molecule has 1 fully saturated rings. The van der Waals surface area contributed by atoms with Gasteiger partial charge in [-0.1, -0.05) is 30.8 Å². The zero-order chi connectivity index (χ0) is 11.4. The molecule has 0 aromatic carbocycles. The highest BCUT2D eigenvalue weighted by Crippen LogP contribution is 2.24. The molecule has 0 radical (unpaired) electrons. The van der Waals surface area contributed by atoms with E-state index < -0.39 is 0 Å². The van der Waals surface area contributed by atoms with Gasteiger partial charge in [-0.3, -0.25) is 0 Å². The molecular formula is C11H20N4O. The van der Waals surface area contributed by atoms with E-state index in [-0.39, 0.29) is 0 Å². The third-order valence-corrected chi connectivity index (χ3v) is 3.30. The second-order valence-electron chi connectivity index (χ2n) is 4.44. The Labute approximate surface area is 96.0 Å². The molecule has 1 saturated carbocycles. The number of nitrogens with zero attached hydrogens (tertiary/aromatic N) is 3. The number of hydrogen-bond donors (Lipinski definition) is 1. The fourth-order valence-corrected chi connectivity index (χ4v) is 2.27. The molecule has 1 heterocycles. The van der Waals surface area contributed by atoms with Crippen LogP contribution >= 0.6 is 0 Å². The lowest BCUT2D eigenvalue weighted by Gasteiger charge is -2.24. The zero-order valence-corrected chi connectivity index (χ0v) is 9.85. The molecule has 0 unspecified atom stereocenters. The van der Waals surface area contributed by atoms with Crippen molar-refractivity contribution in [2.75, 3.05) is 11.9 Å². The smallest absolute Gasteiger partial charge is 0.318 e. The van der Waals surface area contributed by atoms with E-state index in [1.807, 2.05) is 7.05 Å². The van der Waals surface area contributed by atoms with Crippen molar-refractivity contribution in [1.29, 1.82) is 0 Å². The normalized spacial score (nSPS) is 18.4. The van der Waals surface area contributed by atoms with Gasteiger partial charge in [-0.2, -0.15) is 0 Å². The second kappa shape index (κ2) is 5.30. The number of aromatic nitrogens is 2. The molecule has 5 nitrogen and oxygen atoms in total. The predicted octanol–water partition coefficient (Wildman–Crippen LogP) is 1.69. The summed E-state index contributed by atoms with van der Waals surface area (Å²) < 4.78 is 5.47. The van der Waals surface area contributed by atoms with Crippen molar-refractivity contribution in [3.63, 3.8) is 0 Å². The van der Waals surface area contributed by atoms with E-state index in [4.69, 9.17) is 10.2 Å². The number of hydrogen-bond acceptors (Lipinski definition) is 5. The summed E-state index contributed by atoms with van der Waals surface area (Å²) in [5.74, 6) is 0.510. The molecule has 0 atom stereocenters. The molecule has 0 aliphatic heterocycles. The molecule has 2 rings (SSSR count). The topological polar surface area (TPSA) is 68.2 Å². The molecule has 5 heteroatoms. The second-order valence-corrected chi connectivity index (χ2v) is 4.44. The maximum absolute atomic E-state index is 5.47. The number of anilines is 1. The minimum absolute atomic E-state index is 0.311. The van der Waals surface area contributed by atoms with Crippen LogP contribution in [-0.4, -0.2) is 23.3 Å². The van der Waals surface area contributed by atoms with E-state index in [9.17, 15) is 0 Å². The molecule has 2 N–H and O–H groups in total. The molecule has 1 aliphatic carbocycles. The van der Waals surface area contributed by atoms with Crippen molar-refractivity contribution in [3.05, 3.63) is 5.89 Å². The van der Waals surface area contributed by atoms with Gasteiger partial charge in [0.05, 0.1) is 6.54 Å². The van der Waals surface area contributed by atoms with Crippen molar-refractivity contribution in [1.82, 2.24) is 10.2 Å². The first-order valence-electron chi connectivity index (χ1n) is 6.06. The predicted molar refractivity (Wildman–Crippen MR) is 62.1 cm³/mol. The van der Waals surface area contributed by atoms with Crippen molar-refractivity contribution in [3.8, 4) is 0 Å². The first-order valence-corrected chi connectivity index (χ1v) is 6.06. The SMILES string of the molecule is CN(c1nnc(CN)o1)C1CCCCCC1. The monoisotopic (exact) mass is 224 g/mol. The Balaban J connectivity index is 2.01. The maximum Gasteiger partial charge on any atom is 0.318 e. The quantitative estimate of drug-likeness (QED) is 0.791. The maximum atomic E-state index is 5.47. The van der Waals surface area contributed by atoms with Crippen molar-refractivity contribution in [2.24, 2.45) is 5.73 Å². The van der Waals surface area contributed by atoms with Gasteiger partial charge in [-0.15, -0.1) is 5.10 Å². The van der Waals surface area contributed by atoms with E-state index in [2.05, 4.69) is 15.1 Å². The number of nitrogens with two attached hydrogens (primary N) is 1. The highest BCUT2D eigenvalue weighted by atomic mass is 16.4. The van der Waals surface area contributed by atoms with Crippen LogP contribution in [0.15, 0.2) is 4.42 Å². The van der Waals surface area contributed by atoms with Crippen LogP contribution in [0.1, 0.15) is 44.4 Å². The van der Waals surface area contributed by atoms with E-state index in [0.717, 1.165) is 0 Å². The van der Waals surface area contributed by atoms with Gasteiger partial charge in [0.1, 0.15) is 0 Å². The zero-order valence-electron chi connectivity index (χ0n) is 9.85. The Morgan fingerprint density at radius 2 is 1.94 bits per heavy atom. The molecule has 0 amide bonds. The summed E-state index contributed by atoms with van der Waals surface area (Å²) in [5.41, 5.74) is 5.45. The van der Waals surface area contributed by atoms with E-state index >= 15 is 0 Å². The molecule has 16 heavy (non-hydrogen) atoms. The summed E-state index contributed by atoms with van der Waals surface area (Å²) >= 11 is 0. The number of rotatable bonds is 3.